The zero-order valence-corrected chi connectivity index (χ0v) is 9.65. The number of amides is 1. The minimum Gasteiger partial charge on any atom is -0.339 e. The fourth-order valence-corrected chi connectivity index (χ4v) is 2.14. The van der Waals surface area contributed by atoms with Crippen molar-refractivity contribution in [2.24, 2.45) is 0 Å². The molecule has 0 unspecified atom stereocenters. The fraction of sp³-hybridized carbons (Fsp3) is 0.357. The third kappa shape index (κ3) is 2.32. The molecule has 0 fully saturated rings. The van der Waals surface area contributed by atoms with Gasteiger partial charge in [0.15, 0.2) is 0 Å². The van der Waals surface area contributed by atoms with Crippen LogP contribution in [-0.2, 0) is 17.6 Å². The van der Waals surface area contributed by atoms with Crippen molar-refractivity contribution in [1.82, 2.24) is 4.90 Å². The van der Waals surface area contributed by atoms with Gasteiger partial charge in [-0.1, -0.05) is 30.3 Å². The first-order valence-electron chi connectivity index (χ1n) is 5.79. The van der Waals surface area contributed by atoms with Gasteiger partial charge in [0.25, 0.3) is 0 Å². The topological polar surface area (TPSA) is 20.3 Å². The van der Waals surface area contributed by atoms with Gasteiger partial charge in [-0.05, 0) is 37.0 Å². The van der Waals surface area contributed by atoms with Gasteiger partial charge in [0.1, 0.15) is 0 Å². The highest BCUT2D eigenvalue weighted by molar-refractivity contribution is 5.87. The van der Waals surface area contributed by atoms with Crippen LogP contribution in [0.15, 0.2) is 36.4 Å². The van der Waals surface area contributed by atoms with Crippen LogP contribution < -0.4 is 0 Å². The molecular weight excluding hydrogens is 198 g/mol. The molecule has 1 aliphatic rings. The standard InChI is InChI=1S/C14H17NO/c1-2-5-14(16)15-10-8-12-6-3-4-7-13(12)9-11-15/h2-7H,8-11H2,1H3. The molecule has 1 aliphatic heterocycles. The lowest BCUT2D eigenvalue weighted by molar-refractivity contribution is -0.125. The van der Waals surface area contributed by atoms with Crippen LogP contribution in [-0.4, -0.2) is 23.9 Å². The van der Waals surface area contributed by atoms with Crippen molar-refractivity contribution in [2.75, 3.05) is 13.1 Å². The van der Waals surface area contributed by atoms with E-state index in [4.69, 9.17) is 0 Å². The normalized spacial score (nSPS) is 15.9. The van der Waals surface area contributed by atoms with Crippen molar-refractivity contribution >= 4 is 5.91 Å². The second-order valence-corrected chi connectivity index (χ2v) is 4.09. The molecule has 0 bridgehead atoms. The quantitative estimate of drug-likeness (QED) is 0.658. The molecule has 1 amide bonds. The van der Waals surface area contributed by atoms with E-state index in [-0.39, 0.29) is 5.91 Å². The van der Waals surface area contributed by atoms with E-state index in [1.807, 2.05) is 11.8 Å². The van der Waals surface area contributed by atoms with Gasteiger partial charge < -0.3 is 4.90 Å². The van der Waals surface area contributed by atoms with Crippen LogP contribution in [0.5, 0.6) is 0 Å². The molecule has 1 aromatic rings. The summed E-state index contributed by atoms with van der Waals surface area (Å²) in [5.74, 6) is 0.135. The largest absolute Gasteiger partial charge is 0.339 e. The first-order chi connectivity index (χ1) is 7.81. The Balaban J connectivity index is 2.10. The van der Waals surface area contributed by atoms with Crippen LogP contribution in [0.25, 0.3) is 0 Å². The Morgan fingerprint density at radius 3 is 2.25 bits per heavy atom. The number of rotatable bonds is 1. The third-order valence-corrected chi connectivity index (χ3v) is 3.04. The summed E-state index contributed by atoms with van der Waals surface area (Å²) in [4.78, 5) is 13.7. The van der Waals surface area contributed by atoms with Crippen LogP contribution in [0.2, 0.25) is 0 Å². The molecule has 16 heavy (non-hydrogen) atoms. The summed E-state index contributed by atoms with van der Waals surface area (Å²) in [5, 5.41) is 0. The Labute approximate surface area is 96.6 Å². The van der Waals surface area contributed by atoms with E-state index in [2.05, 4.69) is 24.3 Å². The summed E-state index contributed by atoms with van der Waals surface area (Å²) in [5.41, 5.74) is 2.77. The number of hydrogen-bond acceptors (Lipinski definition) is 1. The zero-order chi connectivity index (χ0) is 11.4. The molecular formula is C14H17NO. The van der Waals surface area contributed by atoms with Gasteiger partial charge in [0.2, 0.25) is 5.91 Å². The number of benzene rings is 1. The lowest BCUT2D eigenvalue weighted by Gasteiger charge is -2.17. The molecule has 1 aromatic carbocycles. The average Bonchev–Trinajstić information content (AvgIpc) is 2.51. The second kappa shape index (κ2) is 4.97. The summed E-state index contributed by atoms with van der Waals surface area (Å²) in [6.45, 7) is 3.55. The Kier molecular flexibility index (Phi) is 3.40. The van der Waals surface area contributed by atoms with Gasteiger partial charge in [0.05, 0.1) is 0 Å². The molecule has 2 heteroatoms. The van der Waals surface area contributed by atoms with E-state index in [1.165, 1.54) is 11.1 Å². The molecule has 1 heterocycles. The number of fused-ring (bicyclic) bond motifs is 1. The molecule has 0 saturated heterocycles. The number of allylic oxidation sites excluding steroid dienone is 1. The van der Waals surface area contributed by atoms with E-state index in [0.29, 0.717) is 0 Å². The maximum Gasteiger partial charge on any atom is 0.246 e. The Morgan fingerprint density at radius 1 is 1.19 bits per heavy atom. The SMILES string of the molecule is CC=CC(=O)N1CCc2ccccc2CC1. The number of carbonyl (C=O) groups is 1. The zero-order valence-electron chi connectivity index (χ0n) is 9.65. The maximum absolute atomic E-state index is 11.7. The van der Waals surface area contributed by atoms with E-state index in [9.17, 15) is 4.79 Å². The molecule has 0 atom stereocenters. The van der Waals surface area contributed by atoms with Gasteiger partial charge in [-0.15, -0.1) is 0 Å². The Hall–Kier alpha value is -1.57. The van der Waals surface area contributed by atoms with Crippen LogP contribution >= 0.6 is 0 Å². The second-order valence-electron chi connectivity index (χ2n) is 4.09. The molecule has 0 N–H and O–H groups in total. The summed E-state index contributed by atoms with van der Waals surface area (Å²) in [7, 11) is 0. The molecule has 2 nitrogen and oxygen atoms in total. The van der Waals surface area contributed by atoms with Crippen LogP contribution in [0, 0.1) is 0 Å². The molecule has 0 aromatic heterocycles. The molecule has 0 radical (unpaired) electrons. The van der Waals surface area contributed by atoms with Gasteiger partial charge in [-0.2, -0.15) is 0 Å². The number of nitrogens with zero attached hydrogens (tertiary/aromatic N) is 1. The van der Waals surface area contributed by atoms with Crippen molar-refractivity contribution in [1.29, 1.82) is 0 Å². The van der Waals surface area contributed by atoms with Crippen LogP contribution in [0.3, 0.4) is 0 Å². The smallest absolute Gasteiger partial charge is 0.246 e. The average molecular weight is 215 g/mol. The predicted molar refractivity (Wildman–Crippen MR) is 65.2 cm³/mol. The Morgan fingerprint density at radius 2 is 1.75 bits per heavy atom. The fourth-order valence-electron chi connectivity index (χ4n) is 2.14. The summed E-state index contributed by atoms with van der Waals surface area (Å²) in [6, 6.07) is 8.47. The highest BCUT2D eigenvalue weighted by Gasteiger charge is 2.15. The van der Waals surface area contributed by atoms with E-state index in [0.717, 1.165) is 25.9 Å². The van der Waals surface area contributed by atoms with Gasteiger partial charge in [-0.25, -0.2) is 0 Å². The van der Waals surface area contributed by atoms with Gasteiger partial charge >= 0.3 is 0 Å². The van der Waals surface area contributed by atoms with Gasteiger partial charge in [-0.3, -0.25) is 4.79 Å². The summed E-state index contributed by atoms with van der Waals surface area (Å²) < 4.78 is 0. The first kappa shape index (κ1) is 10.9. The molecule has 0 saturated carbocycles. The van der Waals surface area contributed by atoms with E-state index >= 15 is 0 Å². The van der Waals surface area contributed by atoms with Crippen molar-refractivity contribution < 1.29 is 4.79 Å². The number of carbonyl (C=O) groups excluding carboxylic acids is 1. The monoisotopic (exact) mass is 215 g/mol. The lowest BCUT2D eigenvalue weighted by atomic mass is 10.0. The maximum atomic E-state index is 11.7. The summed E-state index contributed by atoms with van der Waals surface area (Å²) in [6.07, 6.45) is 5.40. The first-order valence-corrected chi connectivity index (χ1v) is 5.79. The van der Waals surface area contributed by atoms with Crippen molar-refractivity contribution in [3.63, 3.8) is 0 Å². The van der Waals surface area contributed by atoms with Crippen LogP contribution in [0.4, 0.5) is 0 Å². The number of hydrogen-bond donors (Lipinski definition) is 0. The van der Waals surface area contributed by atoms with Crippen molar-refractivity contribution in [2.45, 2.75) is 19.8 Å². The predicted octanol–water partition coefficient (Wildman–Crippen LogP) is 2.19. The van der Waals surface area contributed by atoms with Crippen LogP contribution in [0.1, 0.15) is 18.1 Å². The van der Waals surface area contributed by atoms with E-state index in [1.54, 1.807) is 12.2 Å². The molecule has 0 spiro atoms. The molecule has 0 aliphatic carbocycles. The Bertz CT molecular complexity index is 382. The highest BCUT2D eigenvalue weighted by atomic mass is 16.2. The highest BCUT2D eigenvalue weighted by Crippen LogP contribution is 2.15. The van der Waals surface area contributed by atoms with Crippen molar-refractivity contribution in [3.8, 4) is 0 Å². The lowest BCUT2D eigenvalue weighted by Crippen LogP contribution is -2.31. The summed E-state index contributed by atoms with van der Waals surface area (Å²) >= 11 is 0. The molecule has 84 valence electrons. The molecule has 2 rings (SSSR count). The minimum atomic E-state index is 0.135. The van der Waals surface area contributed by atoms with E-state index < -0.39 is 0 Å². The van der Waals surface area contributed by atoms with Crippen molar-refractivity contribution in [3.05, 3.63) is 47.5 Å². The third-order valence-electron chi connectivity index (χ3n) is 3.04. The van der Waals surface area contributed by atoms with Gasteiger partial charge in [0, 0.05) is 13.1 Å². The minimum absolute atomic E-state index is 0.135.